The van der Waals surface area contributed by atoms with E-state index < -0.39 is 0 Å². The zero-order valence-electron chi connectivity index (χ0n) is 10.7. The van der Waals surface area contributed by atoms with Gasteiger partial charge in [0.05, 0.1) is 0 Å². The average Bonchev–Trinajstić information content (AvgIpc) is 2.71. The molecule has 2 radical (unpaired) electrons. The summed E-state index contributed by atoms with van der Waals surface area (Å²) in [7, 11) is 1.17. The van der Waals surface area contributed by atoms with Crippen LogP contribution in [-0.4, -0.2) is 9.52 Å². The van der Waals surface area contributed by atoms with E-state index in [1.165, 1.54) is 22.0 Å². The lowest BCUT2D eigenvalue weighted by Crippen LogP contribution is -2.12. The highest BCUT2D eigenvalue weighted by molar-refractivity contribution is 6.39. The third-order valence-corrected chi connectivity index (χ3v) is 5.96. The second-order valence-corrected chi connectivity index (χ2v) is 9.11. The van der Waals surface area contributed by atoms with Crippen molar-refractivity contribution in [2.75, 3.05) is 0 Å². The van der Waals surface area contributed by atoms with Crippen molar-refractivity contribution in [3.05, 3.63) is 0 Å². The van der Waals surface area contributed by atoms with E-state index in [1.807, 2.05) is 0 Å². The lowest BCUT2D eigenvalue weighted by atomic mass is 9.86. The minimum atomic E-state index is 0.578. The Bertz CT molecular complexity index is 204. The highest BCUT2D eigenvalue weighted by Crippen LogP contribution is 2.50. The van der Waals surface area contributed by atoms with Crippen LogP contribution in [0.4, 0.5) is 0 Å². The molecule has 2 fully saturated rings. The van der Waals surface area contributed by atoms with Crippen molar-refractivity contribution in [3.63, 3.8) is 0 Å². The summed E-state index contributed by atoms with van der Waals surface area (Å²) in [5.74, 6) is 3.42. The number of fused-ring (bicyclic) bond motifs is 2. The Balaban J connectivity index is 1.59. The van der Waals surface area contributed by atoms with Gasteiger partial charge in [0.25, 0.3) is 0 Å². The molecule has 2 saturated carbocycles. The predicted octanol–water partition coefficient (Wildman–Crippen LogP) is 4.54. The van der Waals surface area contributed by atoms with Gasteiger partial charge in [0.15, 0.2) is 0 Å². The van der Waals surface area contributed by atoms with Gasteiger partial charge >= 0.3 is 0 Å². The van der Waals surface area contributed by atoms with Crippen molar-refractivity contribution in [1.29, 1.82) is 0 Å². The topological polar surface area (TPSA) is 0 Å². The maximum absolute atomic E-state index is 2.38. The van der Waals surface area contributed by atoms with Crippen LogP contribution >= 0.6 is 0 Å². The first-order chi connectivity index (χ1) is 7.04. The smallest absolute Gasteiger partial charge is 0.0445 e. The third-order valence-electron chi connectivity index (χ3n) is 4.29. The van der Waals surface area contributed by atoms with Crippen LogP contribution in [0.3, 0.4) is 0 Å². The van der Waals surface area contributed by atoms with Crippen LogP contribution in [-0.2, 0) is 0 Å². The lowest BCUT2D eigenvalue weighted by Gasteiger charge is -2.22. The van der Waals surface area contributed by atoms with Gasteiger partial charge in [-0.25, -0.2) is 0 Å². The van der Waals surface area contributed by atoms with Gasteiger partial charge in [0.1, 0.15) is 0 Å². The molecule has 0 aromatic rings. The van der Waals surface area contributed by atoms with E-state index in [0.717, 1.165) is 17.8 Å². The Morgan fingerprint density at radius 3 is 2.47 bits per heavy atom. The van der Waals surface area contributed by atoms with Crippen LogP contribution in [0.25, 0.3) is 0 Å². The van der Waals surface area contributed by atoms with Gasteiger partial charge in [0, 0.05) is 9.52 Å². The molecular weight excluding hydrogens is 196 g/mol. The molecule has 3 unspecified atom stereocenters. The molecule has 2 bridgehead atoms. The molecule has 0 nitrogen and oxygen atoms in total. The number of hydrogen-bond donors (Lipinski definition) is 0. The Labute approximate surface area is 98.0 Å². The van der Waals surface area contributed by atoms with Crippen molar-refractivity contribution >= 4 is 9.52 Å². The molecule has 0 spiro atoms. The van der Waals surface area contributed by atoms with E-state index in [-0.39, 0.29) is 0 Å². The molecule has 2 aliphatic rings. The first-order valence-corrected chi connectivity index (χ1v) is 8.00. The summed E-state index contributed by atoms with van der Waals surface area (Å²) in [5, 5.41) is 0.578. The molecule has 0 amide bonds. The summed E-state index contributed by atoms with van der Waals surface area (Å²) in [5.41, 5.74) is 0. The van der Waals surface area contributed by atoms with Gasteiger partial charge in [-0.15, -0.1) is 0 Å². The fourth-order valence-corrected chi connectivity index (χ4v) is 4.69. The van der Waals surface area contributed by atoms with Gasteiger partial charge in [-0.05, 0) is 42.1 Å². The molecule has 2 rings (SSSR count). The van der Waals surface area contributed by atoms with Crippen molar-refractivity contribution in [3.8, 4) is 0 Å². The summed E-state index contributed by atoms with van der Waals surface area (Å²) in [4.78, 5) is 0. The Morgan fingerprint density at radius 1 is 1.13 bits per heavy atom. The van der Waals surface area contributed by atoms with Crippen molar-refractivity contribution in [2.24, 2.45) is 17.8 Å². The predicted molar refractivity (Wildman–Crippen MR) is 68.4 cm³/mol. The molecule has 0 N–H and O–H groups in total. The number of hydrogen-bond acceptors (Lipinski definition) is 0. The normalized spacial score (nSPS) is 35.0. The van der Waals surface area contributed by atoms with E-state index in [4.69, 9.17) is 0 Å². The van der Waals surface area contributed by atoms with Gasteiger partial charge in [-0.1, -0.05) is 46.1 Å². The van der Waals surface area contributed by atoms with Gasteiger partial charge < -0.3 is 0 Å². The molecule has 0 aromatic carbocycles. The monoisotopic (exact) mass is 222 g/mol. The first-order valence-electron chi connectivity index (χ1n) is 6.79. The quantitative estimate of drug-likeness (QED) is 0.484. The van der Waals surface area contributed by atoms with Crippen molar-refractivity contribution in [1.82, 2.24) is 0 Å². The van der Waals surface area contributed by atoms with E-state index in [2.05, 4.69) is 20.8 Å². The van der Waals surface area contributed by atoms with Crippen LogP contribution in [0.1, 0.15) is 59.3 Å². The number of rotatable bonds is 4. The highest BCUT2D eigenvalue weighted by atomic mass is 28.2. The summed E-state index contributed by atoms with van der Waals surface area (Å²) in [6.45, 7) is 7.13. The molecule has 0 aromatic heterocycles. The zero-order valence-corrected chi connectivity index (χ0v) is 11.7. The van der Waals surface area contributed by atoms with E-state index in [1.54, 1.807) is 32.1 Å². The zero-order chi connectivity index (χ0) is 10.9. The molecule has 0 heterocycles. The molecule has 0 aliphatic heterocycles. The van der Waals surface area contributed by atoms with Crippen LogP contribution in [0, 0.1) is 17.8 Å². The molecule has 2 aliphatic carbocycles. The Hall–Kier alpha value is 0.217. The van der Waals surface area contributed by atoms with Gasteiger partial charge in [-0.2, -0.15) is 0 Å². The van der Waals surface area contributed by atoms with Crippen LogP contribution < -0.4 is 0 Å². The lowest BCUT2D eigenvalue weighted by molar-refractivity contribution is 0.312. The molecule has 3 atom stereocenters. The SMILES string of the molecule is CC(C)(C)[Si]CCCC1CC2CCC1C2. The summed E-state index contributed by atoms with van der Waals surface area (Å²) >= 11 is 0. The molecule has 86 valence electrons. The summed E-state index contributed by atoms with van der Waals surface area (Å²) in [6, 6.07) is 1.48. The summed E-state index contributed by atoms with van der Waals surface area (Å²) in [6.07, 6.45) is 9.35. The second kappa shape index (κ2) is 4.61. The maximum Gasteiger partial charge on any atom is 0.0445 e. The fraction of sp³-hybridized carbons (Fsp3) is 1.00. The standard InChI is InChI=1S/C14H26Si/c1-14(2,3)15-8-4-5-12-9-11-6-7-13(12)10-11/h11-13H,4-10H2,1-3H3. The Morgan fingerprint density at radius 2 is 1.93 bits per heavy atom. The van der Waals surface area contributed by atoms with Crippen LogP contribution in [0.2, 0.25) is 11.1 Å². The van der Waals surface area contributed by atoms with Gasteiger partial charge in [0.2, 0.25) is 0 Å². The summed E-state index contributed by atoms with van der Waals surface area (Å²) < 4.78 is 0. The second-order valence-electron chi connectivity index (χ2n) is 6.75. The van der Waals surface area contributed by atoms with Crippen LogP contribution in [0.5, 0.6) is 0 Å². The van der Waals surface area contributed by atoms with E-state index in [9.17, 15) is 0 Å². The highest BCUT2D eigenvalue weighted by Gasteiger charge is 2.38. The van der Waals surface area contributed by atoms with E-state index in [0.29, 0.717) is 5.04 Å². The van der Waals surface area contributed by atoms with Crippen molar-refractivity contribution in [2.45, 2.75) is 70.4 Å². The van der Waals surface area contributed by atoms with Crippen LogP contribution in [0.15, 0.2) is 0 Å². The third kappa shape index (κ3) is 3.34. The molecule has 15 heavy (non-hydrogen) atoms. The van der Waals surface area contributed by atoms with Crippen molar-refractivity contribution < 1.29 is 0 Å². The molecular formula is C14H26Si. The van der Waals surface area contributed by atoms with E-state index >= 15 is 0 Å². The fourth-order valence-electron chi connectivity index (χ4n) is 3.56. The maximum atomic E-state index is 2.38. The minimum absolute atomic E-state index is 0.578. The Kier molecular flexibility index (Phi) is 3.59. The largest absolute Gasteiger partial charge is 0.0630 e. The first kappa shape index (κ1) is 11.7. The average molecular weight is 222 g/mol. The minimum Gasteiger partial charge on any atom is -0.0630 e. The molecule has 0 saturated heterocycles. The van der Waals surface area contributed by atoms with Gasteiger partial charge in [-0.3, -0.25) is 0 Å². The molecule has 1 heteroatoms.